The Morgan fingerprint density at radius 1 is 1.18 bits per heavy atom. The third kappa shape index (κ3) is 4.15. The highest BCUT2D eigenvalue weighted by Gasteiger charge is 2.25. The summed E-state index contributed by atoms with van der Waals surface area (Å²) >= 11 is 0. The molecule has 0 heterocycles. The molecule has 4 nitrogen and oxygen atoms in total. The Kier molecular flexibility index (Phi) is 6.29. The molecule has 124 valence electrons. The van der Waals surface area contributed by atoms with E-state index in [1.165, 1.54) is 5.56 Å². The molecular weight excluding hydrogens is 278 g/mol. The molecule has 1 aromatic carbocycles. The second-order valence-corrected chi connectivity index (χ2v) is 6.84. The van der Waals surface area contributed by atoms with Crippen LogP contribution in [-0.4, -0.2) is 47.7 Å². The summed E-state index contributed by atoms with van der Waals surface area (Å²) in [5.41, 5.74) is 4.65. The number of nitrogens with zero attached hydrogens (tertiary/aromatic N) is 1. The monoisotopic (exact) mass is 307 g/mol. The molecular formula is C18H29NO3. The Bertz CT molecular complexity index is 548. The van der Waals surface area contributed by atoms with Crippen molar-refractivity contribution in [3.63, 3.8) is 0 Å². The van der Waals surface area contributed by atoms with Crippen LogP contribution in [0.5, 0.6) is 0 Å². The van der Waals surface area contributed by atoms with Crippen LogP contribution in [0.15, 0.2) is 6.07 Å². The van der Waals surface area contributed by atoms with Gasteiger partial charge in [0.1, 0.15) is 0 Å². The second kappa shape index (κ2) is 7.36. The summed E-state index contributed by atoms with van der Waals surface area (Å²) in [6, 6.07) is 2.06. The van der Waals surface area contributed by atoms with Crippen molar-refractivity contribution in [1.82, 2.24) is 4.90 Å². The molecule has 0 spiro atoms. The zero-order valence-electron chi connectivity index (χ0n) is 14.7. The van der Waals surface area contributed by atoms with Crippen molar-refractivity contribution in [3.05, 3.63) is 33.9 Å². The molecule has 0 atom stereocenters. The van der Waals surface area contributed by atoms with Gasteiger partial charge in [0.25, 0.3) is 0 Å². The van der Waals surface area contributed by atoms with Crippen molar-refractivity contribution in [2.45, 2.75) is 41.2 Å². The molecule has 0 aromatic heterocycles. The van der Waals surface area contributed by atoms with Crippen LogP contribution in [0.25, 0.3) is 0 Å². The van der Waals surface area contributed by atoms with Gasteiger partial charge in [0.05, 0.1) is 13.2 Å². The number of aliphatic hydroxyl groups is 2. The summed E-state index contributed by atoms with van der Waals surface area (Å²) < 4.78 is 0. The fraction of sp³-hybridized carbons (Fsp3) is 0.611. The quantitative estimate of drug-likeness (QED) is 0.759. The highest BCUT2D eigenvalue weighted by Crippen LogP contribution is 2.25. The Morgan fingerprint density at radius 3 is 2.18 bits per heavy atom. The van der Waals surface area contributed by atoms with E-state index in [4.69, 9.17) is 0 Å². The lowest BCUT2D eigenvalue weighted by Crippen LogP contribution is -2.38. The Balaban J connectivity index is 3.08. The zero-order chi connectivity index (χ0) is 17.1. The van der Waals surface area contributed by atoms with Crippen molar-refractivity contribution in [2.24, 2.45) is 5.41 Å². The van der Waals surface area contributed by atoms with Gasteiger partial charge in [0.15, 0.2) is 5.78 Å². The highest BCUT2D eigenvalue weighted by molar-refractivity contribution is 5.97. The Labute approximate surface area is 133 Å². The predicted octanol–water partition coefficient (Wildman–Crippen LogP) is 2.24. The summed E-state index contributed by atoms with van der Waals surface area (Å²) in [7, 11) is 1.97. The molecule has 0 saturated carbocycles. The molecule has 0 fully saturated rings. The molecule has 0 bridgehead atoms. The van der Waals surface area contributed by atoms with Gasteiger partial charge in [-0.3, -0.25) is 4.79 Å². The predicted molar refractivity (Wildman–Crippen MR) is 89.3 cm³/mol. The minimum atomic E-state index is -0.523. The van der Waals surface area contributed by atoms with Gasteiger partial charge in [-0.15, -0.1) is 0 Å². The molecule has 0 unspecified atom stereocenters. The van der Waals surface area contributed by atoms with Crippen molar-refractivity contribution in [2.75, 3.05) is 26.8 Å². The minimum Gasteiger partial charge on any atom is -0.396 e. The smallest absolute Gasteiger partial charge is 0.160 e. The summed E-state index contributed by atoms with van der Waals surface area (Å²) in [6.45, 7) is 10.7. The van der Waals surface area contributed by atoms with Crippen LogP contribution in [-0.2, 0) is 6.54 Å². The average molecular weight is 307 g/mol. The molecule has 0 radical (unpaired) electrons. The number of carbonyl (C=O) groups is 1. The van der Waals surface area contributed by atoms with Crippen LogP contribution >= 0.6 is 0 Å². The number of aliphatic hydroxyl groups excluding tert-OH is 2. The standard InChI is InChI=1S/C18H29NO3/c1-12-7-13(2)17(15(4)22)14(3)16(12)8-19(6)9-18(5,10-20)11-21/h7,20-21H,8-11H2,1-6H3. The maximum absolute atomic E-state index is 11.9. The van der Waals surface area contributed by atoms with E-state index in [9.17, 15) is 15.0 Å². The number of carbonyl (C=O) groups excluding carboxylic acids is 1. The summed E-state index contributed by atoms with van der Waals surface area (Å²) in [4.78, 5) is 14.0. The molecule has 1 rings (SSSR count). The maximum Gasteiger partial charge on any atom is 0.160 e. The molecule has 0 amide bonds. The molecule has 0 saturated heterocycles. The van der Waals surface area contributed by atoms with Crippen LogP contribution in [0.3, 0.4) is 0 Å². The van der Waals surface area contributed by atoms with Crippen molar-refractivity contribution >= 4 is 5.78 Å². The first-order valence-electron chi connectivity index (χ1n) is 7.66. The van der Waals surface area contributed by atoms with Gasteiger partial charge in [0, 0.05) is 24.1 Å². The molecule has 22 heavy (non-hydrogen) atoms. The fourth-order valence-corrected chi connectivity index (χ4v) is 3.14. The number of benzene rings is 1. The topological polar surface area (TPSA) is 60.8 Å². The number of aryl methyl sites for hydroxylation is 2. The highest BCUT2D eigenvalue weighted by atomic mass is 16.3. The number of rotatable bonds is 7. The van der Waals surface area contributed by atoms with E-state index in [2.05, 4.69) is 17.9 Å². The number of Topliss-reactive ketones (excluding diaryl/α,β-unsaturated/α-hetero) is 1. The van der Waals surface area contributed by atoms with Gasteiger partial charge in [-0.1, -0.05) is 13.0 Å². The molecule has 2 N–H and O–H groups in total. The van der Waals surface area contributed by atoms with Gasteiger partial charge < -0.3 is 15.1 Å². The van der Waals surface area contributed by atoms with E-state index in [1.807, 2.05) is 27.8 Å². The lowest BCUT2D eigenvalue weighted by atomic mass is 9.90. The Morgan fingerprint density at radius 2 is 1.73 bits per heavy atom. The normalized spacial score (nSPS) is 12.0. The van der Waals surface area contributed by atoms with E-state index < -0.39 is 5.41 Å². The Hall–Kier alpha value is -1.23. The van der Waals surface area contributed by atoms with Crippen LogP contribution in [0, 0.1) is 26.2 Å². The van der Waals surface area contributed by atoms with Crippen molar-refractivity contribution in [1.29, 1.82) is 0 Å². The molecule has 4 heteroatoms. The summed E-state index contributed by atoms with van der Waals surface area (Å²) in [6.07, 6.45) is 0. The number of hydrogen-bond acceptors (Lipinski definition) is 4. The van der Waals surface area contributed by atoms with Crippen LogP contribution in [0.2, 0.25) is 0 Å². The number of hydrogen-bond donors (Lipinski definition) is 2. The van der Waals surface area contributed by atoms with Crippen molar-refractivity contribution in [3.8, 4) is 0 Å². The van der Waals surface area contributed by atoms with Gasteiger partial charge in [-0.05, 0) is 57.0 Å². The molecule has 1 aromatic rings. The first-order valence-corrected chi connectivity index (χ1v) is 7.66. The third-order valence-electron chi connectivity index (χ3n) is 4.33. The van der Waals surface area contributed by atoms with Crippen LogP contribution in [0.1, 0.15) is 46.5 Å². The van der Waals surface area contributed by atoms with Crippen molar-refractivity contribution < 1.29 is 15.0 Å². The summed E-state index contributed by atoms with van der Waals surface area (Å²) in [5, 5.41) is 18.9. The van der Waals surface area contributed by atoms with Crippen LogP contribution in [0.4, 0.5) is 0 Å². The van der Waals surface area contributed by atoms with E-state index in [0.717, 1.165) is 22.3 Å². The van der Waals surface area contributed by atoms with E-state index in [1.54, 1.807) is 6.92 Å². The lowest BCUT2D eigenvalue weighted by Gasteiger charge is -2.31. The number of ketones is 1. The largest absolute Gasteiger partial charge is 0.396 e. The lowest BCUT2D eigenvalue weighted by molar-refractivity contribution is 0.0401. The van der Waals surface area contributed by atoms with E-state index in [-0.39, 0.29) is 19.0 Å². The second-order valence-electron chi connectivity index (χ2n) is 6.84. The van der Waals surface area contributed by atoms with E-state index >= 15 is 0 Å². The first-order chi connectivity index (χ1) is 10.1. The first kappa shape index (κ1) is 18.8. The van der Waals surface area contributed by atoms with Crippen LogP contribution < -0.4 is 0 Å². The zero-order valence-corrected chi connectivity index (χ0v) is 14.7. The van der Waals surface area contributed by atoms with Gasteiger partial charge >= 0.3 is 0 Å². The molecule has 0 aliphatic heterocycles. The maximum atomic E-state index is 11.9. The van der Waals surface area contributed by atoms with Gasteiger partial charge in [-0.25, -0.2) is 0 Å². The SMILES string of the molecule is CC(=O)c1c(C)cc(C)c(CN(C)CC(C)(CO)CO)c1C. The fourth-order valence-electron chi connectivity index (χ4n) is 3.14. The molecule has 0 aliphatic rings. The molecule has 0 aliphatic carbocycles. The van der Waals surface area contributed by atoms with Gasteiger partial charge in [-0.2, -0.15) is 0 Å². The van der Waals surface area contributed by atoms with Gasteiger partial charge in [0.2, 0.25) is 0 Å². The average Bonchev–Trinajstić information content (AvgIpc) is 2.42. The summed E-state index contributed by atoms with van der Waals surface area (Å²) in [5.74, 6) is 0.0921. The third-order valence-corrected chi connectivity index (χ3v) is 4.33. The minimum absolute atomic E-state index is 0.0571. The van der Waals surface area contributed by atoms with E-state index in [0.29, 0.717) is 13.1 Å².